The molecule has 0 amide bonds. The number of thiocarbonyl (C=S) groups is 1. The normalized spacial score (nSPS) is 10.1. The van der Waals surface area contributed by atoms with Gasteiger partial charge in [0, 0.05) is 5.75 Å². The van der Waals surface area contributed by atoms with Crippen LogP contribution in [-0.2, 0) is 5.75 Å². The SMILES string of the molecule is CCSC(=S)SCc1cccc(C)c1. The van der Waals surface area contributed by atoms with E-state index in [1.165, 1.54) is 11.1 Å². The molecule has 1 aromatic carbocycles. The Kier molecular flexibility index (Phi) is 5.60. The summed E-state index contributed by atoms with van der Waals surface area (Å²) in [6.07, 6.45) is 0. The minimum atomic E-state index is 0.994. The summed E-state index contributed by atoms with van der Waals surface area (Å²) < 4.78 is 1.05. The Hall–Kier alpha value is 0.01000. The van der Waals surface area contributed by atoms with Crippen molar-refractivity contribution in [1.29, 1.82) is 0 Å². The van der Waals surface area contributed by atoms with Crippen LogP contribution in [0.5, 0.6) is 0 Å². The van der Waals surface area contributed by atoms with E-state index in [0.29, 0.717) is 0 Å². The van der Waals surface area contributed by atoms with E-state index in [1.54, 1.807) is 23.5 Å². The largest absolute Gasteiger partial charge is 0.108 e. The second kappa shape index (κ2) is 6.49. The summed E-state index contributed by atoms with van der Waals surface area (Å²) in [5.41, 5.74) is 2.67. The van der Waals surface area contributed by atoms with Crippen LogP contribution in [0, 0.1) is 6.92 Å². The summed E-state index contributed by atoms with van der Waals surface area (Å²) in [5, 5.41) is 0. The zero-order valence-electron chi connectivity index (χ0n) is 8.45. The van der Waals surface area contributed by atoms with Crippen LogP contribution in [0.4, 0.5) is 0 Å². The summed E-state index contributed by atoms with van der Waals surface area (Å²) in [4.78, 5) is 0. The molecule has 1 aromatic rings. The first-order chi connectivity index (χ1) is 6.72. The molecule has 0 N–H and O–H groups in total. The molecule has 3 heteroatoms. The molecule has 0 bridgehead atoms. The van der Waals surface area contributed by atoms with Crippen LogP contribution in [0.3, 0.4) is 0 Å². The van der Waals surface area contributed by atoms with E-state index in [0.717, 1.165) is 15.0 Å². The van der Waals surface area contributed by atoms with Crippen molar-refractivity contribution in [2.24, 2.45) is 0 Å². The number of hydrogen-bond donors (Lipinski definition) is 0. The highest BCUT2D eigenvalue weighted by molar-refractivity contribution is 8.46. The van der Waals surface area contributed by atoms with Crippen molar-refractivity contribution in [3.8, 4) is 0 Å². The molecule has 0 aliphatic rings. The van der Waals surface area contributed by atoms with Gasteiger partial charge in [0.25, 0.3) is 0 Å². The molecule has 0 atom stereocenters. The Balaban J connectivity index is 2.41. The predicted octanol–water partition coefficient (Wildman–Crippen LogP) is 4.27. The molecular weight excluding hydrogens is 228 g/mol. The van der Waals surface area contributed by atoms with Gasteiger partial charge in [0.15, 0.2) is 0 Å². The average molecular weight is 242 g/mol. The maximum Gasteiger partial charge on any atom is 0.104 e. The minimum Gasteiger partial charge on any atom is -0.108 e. The van der Waals surface area contributed by atoms with E-state index < -0.39 is 0 Å². The van der Waals surface area contributed by atoms with Gasteiger partial charge in [-0.05, 0) is 18.2 Å². The molecule has 0 saturated carbocycles. The third-order valence-electron chi connectivity index (χ3n) is 1.70. The fourth-order valence-corrected chi connectivity index (χ4v) is 3.20. The molecule has 0 radical (unpaired) electrons. The highest BCUT2D eigenvalue weighted by Gasteiger charge is 1.98. The third kappa shape index (κ3) is 4.49. The van der Waals surface area contributed by atoms with Gasteiger partial charge in [-0.3, -0.25) is 0 Å². The number of benzene rings is 1. The van der Waals surface area contributed by atoms with E-state index in [9.17, 15) is 0 Å². The lowest BCUT2D eigenvalue weighted by atomic mass is 10.2. The van der Waals surface area contributed by atoms with Crippen LogP contribution in [-0.4, -0.2) is 9.28 Å². The topological polar surface area (TPSA) is 0 Å². The lowest BCUT2D eigenvalue weighted by Gasteiger charge is -2.02. The van der Waals surface area contributed by atoms with Gasteiger partial charge in [0.2, 0.25) is 0 Å². The Bertz CT molecular complexity index is 307. The second-order valence-electron chi connectivity index (χ2n) is 2.96. The maximum atomic E-state index is 5.21. The molecule has 0 aliphatic carbocycles. The van der Waals surface area contributed by atoms with Gasteiger partial charge < -0.3 is 0 Å². The summed E-state index contributed by atoms with van der Waals surface area (Å²) in [5.74, 6) is 2.06. The standard InChI is InChI=1S/C11H14S3/c1-3-13-11(12)14-8-10-6-4-5-9(2)7-10/h4-7H,3,8H2,1-2H3. The van der Waals surface area contributed by atoms with Crippen LogP contribution >= 0.6 is 35.7 Å². The van der Waals surface area contributed by atoms with Gasteiger partial charge in [-0.2, -0.15) is 0 Å². The van der Waals surface area contributed by atoms with E-state index in [1.807, 2.05) is 0 Å². The van der Waals surface area contributed by atoms with E-state index in [-0.39, 0.29) is 0 Å². The lowest BCUT2D eigenvalue weighted by Crippen LogP contribution is -1.86. The van der Waals surface area contributed by atoms with Crippen molar-refractivity contribution >= 4 is 39.3 Å². The lowest BCUT2D eigenvalue weighted by molar-refractivity contribution is 1.36. The van der Waals surface area contributed by atoms with Gasteiger partial charge in [0.05, 0.1) is 0 Å². The van der Waals surface area contributed by atoms with Gasteiger partial charge >= 0.3 is 0 Å². The Morgan fingerprint density at radius 1 is 1.36 bits per heavy atom. The number of hydrogen-bond acceptors (Lipinski definition) is 3. The van der Waals surface area contributed by atoms with Gasteiger partial charge in [-0.25, -0.2) is 0 Å². The Morgan fingerprint density at radius 3 is 2.79 bits per heavy atom. The monoisotopic (exact) mass is 242 g/mol. The van der Waals surface area contributed by atoms with E-state index >= 15 is 0 Å². The van der Waals surface area contributed by atoms with Crippen molar-refractivity contribution in [1.82, 2.24) is 0 Å². The van der Waals surface area contributed by atoms with Crippen molar-refractivity contribution in [2.75, 3.05) is 5.75 Å². The maximum absolute atomic E-state index is 5.21. The fourth-order valence-electron chi connectivity index (χ4n) is 1.10. The van der Waals surface area contributed by atoms with Crippen molar-refractivity contribution in [3.63, 3.8) is 0 Å². The number of rotatable bonds is 3. The van der Waals surface area contributed by atoms with E-state index in [2.05, 4.69) is 38.1 Å². The van der Waals surface area contributed by atoms with E-state index in [4.69, 9.17) is 12.2 Å². The van der Waals surface area contributed by atoms with Crippen LogP contribution in [0.1, 0.15) is 18.1 Å². The predicted molar refractivity (Wildman–Crippen MR) is 73.2 cm³/mol. The zero-order chi connectivity index (χ0) is 10.4. The summed E-state index contributed by atoms with van der Waals surface area (Å²) >= 11 is 8.72. The summed E-state index contributed by atoms with van der Waals surface area (Å²) in [7, 11) is 0. The van der Waals surface area contributed by atoms with Gasteiger partial charge in [0.1, 0.15) is 3.53 Å². The van der Waals surface area contributed by atoms with Crippen molar-refractivity contribution < 1.29 is 0 Å². The second-order valence-corrected chi connectivity index (χ2v) is 6.40. The van der Waals surface area contributed by atoms with Gasteiger partial charge in [-0.1, -0.05) is 49.0 Å². The molecule has 1 rings (SSSR count). The fraction of sp³-hybridized carbons (Fsp3) is 0.364. The Labute approximate surface area is 99.9 Å². The summed E-state index contributed by atoms with van der Waals surface area (Å²) in [6, 6.07) is 8.58. The third-order valence-corrected chi connectivity index (χ3v) is 4.35. The van der Waals surface area contributed by atoms with Crippen molar-refractivity contribution in [3.05, 3.63) is 35.4 Å². The first-order valence-corrected chi connectivity index (χ1v) is 6.95. The highest BCUT2D eigenvalue weighted by Crippen LogP contribution is 2.21. The molecule has 0 fully saturated rings. The molecule has 0 saturated heterocycles. The first-order valence-electron chi connectivity index (χ1n) is 4.57. The quantitative estimate of drug-likeness (QED) is 0.727. The van der Waals surface area contributed by atoms with Crippen LogP contribution in [0.2, 0.25) is 0 Å². The highest BCUT2D eigenvalue weighted by atomic mass is 32.2. The Morgan fingerprint density at radius 2 is 2.14 bits per heavy atom. The molecule has 0 heterocycles. The first kappa shape index (κ1) is 12.1. The van der Waals surface area contributed by atoms with Gasteiger partial charge in [-0.15, -0.1) is 23.5 Å². The number of aryl methyl sites for hydroxylation is 1. The number of thioether (sulfide) groups is 2. The summed E-state index contributed by atoms with van der Waals surface area (Å²) in [6.45, 7) is 4.25. The molecule has 0 spiro atoms. The minimum absolute atomic E-state index is 0.994. The average Bonchev–Trinajstić information content (AvgIpc) is 2.15. The van der Waals surface area contributed by atoms with Crippen LogP contribution in [0.25, 0.3) is 0 Å². The van der Waals surface area contributed by atoms with Crippen LogP contribution < -0.4 is 0 Å². The van der Waals surface area contributed by atoms with Crippen molar-refractivity contribution in [2.45, 2.75) is 19.6 Å². The molecule has 0 nitrogen and oxygen atoms in total. The zero-order valence-corrected chi connectivity index (χ0v) is 10.9. The van der Waals surface area contributed by atoms with Crippen LogP contribution in [0.15, 0.2) is 24.3 Å². The molecule has 0 aromatic heterocycles. The molecular formula is C11H14S3. The molecule has 14 heavy (non-hydrogen) atoms. The smallest absolute Gasteiger partial charge is 0.104 e. The molecule has 76 valence electrons. The molecule has 0 unspecified atom stereocenters. The molecule has 0 aliphatic heterocycles.